The van der Waals surface area contributed by atoms with Gasteiger partial charge in [-0.3, -0.25) is 9.59 Å². The van der Waals surface area contributed by atoms with E-state index in [9.17, 15) is 9.59 Å². The Morgan fingerprint density at radius 1 is 1.44 bits per heavy atom. The lowest BCUT2D eigenvalue weighted by Gasteiger charge is -2.28. The first-order valence-electron chi connectivity index (χ1n) is 5.59. The minimum Gasteiger partial charge on any atom is -0.462 e. The molecule has 1 fully saturated rings. The third kappa shape index (κ3) is 7.40. The van der Waals surface area contributed by atoms with Gasteiger partial charge in [-0.15, -0.1) is 0 Å². The van der Waals surface area contributed by atoms with Gasteiger partial charge in [0.05, 0.1) is 0 Å². The number of ether oxygens (including phenoxy) is 1. The molecule has 4 nitrogen and oxygen atoms in total. The highest BCUT2D eigenvalue weighted by Gasteiger charge is 2.19. The molecule has 1 unspecified atom stereocenters. The van der Waals surface area contributed by atoms with Gasteiger partial charge >= 0.3 is 0 Å². The van der Waals surface area contributed by atoms with Crippen LogP contribution in [0.15, 0.2) is 0 Å². The van der Waals surface area contributed by atoms with Crippen LogP contribution < -0.4 is 0 Å². The van der Waals surface area contributed by atoms with Crippen LogP contribution in [-0.2, 0) is 14.3 Å². The van der Waals surface area contributed by atoms with E-state index < -0.39 is 0 Å². The first-order valence-corrected chi connectivity index (χ1v) is 5.59. The number of ketones is 1. The average molecular weight is 229 g/mol. The summed E-state index contributed by atoms with van der Waals surface area (Å²) in [6, 6.07) is 0.464. The fourth-order valence-corrected chi connectivity index (χ4v) is 1.25. The Morgan fingerprint density at radius 2 is 2.00 bits per heavy atom. The molecule has 0 aromatic carbocycles. The summed E-state index contributed by atoms with van der Waals surface area (Å²) in [5.41, 5.74) is -0.318. The van der Waals surface area contributed by atoms with Crippen molar-refractivity contribution in [3.63, 3.8) is 0 Å². The molecule has 1 aliphatic rings. The largest absolute Gasteiger partial charge is 0.462 e. The van der Waals surface area contributed by atoms with Crippen LogP contribution >= 0.6 is 0 Å². The highest BCUT2D eigenvalue weighted by atomic mass is 16.5. The number of nitrogens with zero attached hydrogens (tertiary/aromatic N) is 1. The van der Waals surface area contributed by atoms with E-state index in [1.807, 2.05) is 20.8 Å². The van der Waals surface area contributed by atoms with Crippen molar-refractivity contribution in [2.24, 2.45) is 0 Å². The maximum absolute atomic E-state index is 10.8. The monoisotopic (exact) mass is 229 g/mol. The zero-order valence-electron chi connectivity index (χ0n) is 10.9. The summed E-state index contributed by atoms with van der Waals surface area (Å²) >= 11 is 0. The predicted molar refractivity (Wildman–Crippen MR) is 63.2 cm³/mol. The molecule has 1 aliphatic heterocycles. The van der Waals surface area contributed by atoms with E-state index >= 15 is 0 Å². The molecule has 1 saturated heterocycles. The number of piperidine rings is 1. The highest BCUT2D eigenvalue weighted by Crippen LogP contribution is 2.10. The Hall–Kier alpha value is -0.900. The Balaban J connectivity index is 0.000000293. The van der Waals surface area contributed by atoms with Crippen molar-refractivity contribution >= 4 is 12.3 Å². The average Bonchev–Trinajstić information content (AvgIpc) is 2.11. The SMILES string of the molecule is CC(C)(C)OC=O.CC1CC(=O)CCN1C. The minimum absolute atomic E-state index is 0.318. The van der Waals surface area contributed by atoms with Gasteiger partial charge in [0.25, 0.3) is 6.47 Å². The molecule has 0 radical (unpaired) electrons. The summed E-state index contributed by atoms with van der Waals surface area (Å²) in [6.07, 6.45) is 1.50. The highest BCUT2D eigenvalue weighted by molar-refractivity contribution is 5.79. The lowest BCUT2D eigenvalue weighted by atomic mass is 10.0. The molecule has 0 bridgehead atoms. The van der Waals surface area contributed by atoms with Gasteiger partial charge in [0.2, 0.25) is 0 Å². The van der Waals surface area contributed by atoms with Gasteiger partial charge in [-0.05, 0) is 34.7 Å². The Labute approximate surface area is 98.0 Å². The van der Waals surface area contributed by atoms with Gasteiger partial charge in [0.1, 0.15) is 11.4 Å². The smallest absolute Gasteiger partial charge is 0.293 e. The van der Waals surface area contributed by atoms with Crippen LogP contribution in [0.5, 0.6) is 0 Å². The van der Waals surface area contributed by atoms with Gasteiger partial charge < -0.3 is 9.64 Å². The predicted octanol–water partition coefficient (Wildman–Crippen LogP) is 1.63. The topological polar surface area (TPSA) is 46.6 Å². The van der Waals surface area contributed by atoms with E-state index in [0.717, 1.165) is 19.4 Å². The van der Waals surface area contributed by atoms with E-state index in [1.165, 1.54) is 0 Å². The Bertz CT molecular complexity index is 233. The summed E-state index contributed by atoms with van der Waals surface area (Å²) < 4.78 is 4.55. The molecule has 4 heteroatoms. The van der Waals surface area contributed by atoms with Crippen LogP contribution in [0.3, 0.4) is 0 Å². The summed E-state index contributed by atoms with van der Waals surface area (Å²) in [7, 11) is 2.07. The van der Waals surface area contributed by atoms with Crippen LogP contribution in [0.1, 0.15) is 40.5 Å². The van der Waals surface area contributed by atoms with E-state index in [4.69, 9.17) is 0 Å². The van der Waals surface area contributed by atoms with Crippen molar-refractivity contribution in [2.75, 3.05) is 13.6 Å². The van der Waals surface area contributed by atoms with Gasteiger partial charge in [0.15, 0.2) is 0 Å². The summed E-state index contributed by atoms with van der Waals surface area (Å²) in [5, 5.41) is 0. The van der Waals surface area contributed by atoms with Crippen molar-refractivity contribution in [1.29, 1.82) is 0 Å². The maximum atomic E-state index is 10.8. The zero-order valence-corrected chi connectivity index (χ0v) is 10.9. The Morgan fingerprint density at radius 3 is 2.25 bits per heavy atom. The maximum Gasteiger partial charge on any atom is 0.293 e. The minimum atomic E-state index is -0.318. The molecular weight excluding hydrogens is 206 g/mol. The van der Waals surface area contributed by atoms with Crippen molar-refractivity contribution < 1.29 is 14.3 Å². The molecule has 1 heterocycles. The quantitative estimate of drug-likeness (QED) is 0.641. The van der Waals surface area contributed by atoms with Gasteiger partial charge in [-0.25, -0.2) is 0 Å². The number of likely N-dealkylation sites (tertiary alicyclic amines) is 1. The summed E-state index contributed by atoms with van der Waals surface area (Å²) in [5.74, 6) is 0.417. The third-order valence-electron chi connectivity index (χ3n) is 2.42. The number of Topliss-reactive ketones (excluding diaryl/α,β-unsaturated/α-hetero) is 1. The normalized spacial score (nSPS) is 22.1. The molecule has 0 aromatic rings. The number of hydrogen-bond donors (Lipinski definition) is 0. The molecule has 0 saturated carbocycles. The molecule has 0 spiro atoms. The standard InChI is InChI=1S/C7H13NO.C5H10O2/c1-6-5-7(9)3-4-8(6)2;1-5(2,3)7-4-6/h6H,3-5H2,1-2H3;4H,1-3H3. The fourth-order valence-electron chi connectivity index (χ4n) is 1.25. The van der Waals surface area contributed by atoms with E-state index in [0.29, 0.717) is 18.3 Å². The first-order chi connectivity index (χ1) is 7.26. The number of hydrogen-bond acceptors (Lipinski definition) is 4. The van der Waals surface area contributed by atoms with Gasteiger partial charge in [0, 0.05) is 25.4 Å². The lowest BCUT2D eigenvalue weighted by Crippen LogP contribution is -2.37. The molecular formula is C12H23NO3. The second-order valence-corrected chi connectivity index (χ2v) is 5.15. The van der Waals surface area contributed by atoms with Crippen LogP contribution in [-0.4, -0.2) is 42.4 Å². The summed E-state index contributed by atoms with van der Waals surface area (Å²) in [4.78, 5) is 22.6. The second kappa shape index (κ2) is 6.63. The van der Waals surface area contributed by atoms with Crippen LogP contribution in [0.2, 0.25) is 0 Å². The van der Waals surface area contributed by atoms with Crippen LogP contribution in [0.4, 0.5) is 0 Å². The zero-order chi connectivity index (χ0) is 12.8. The van der Waals surface area contributed by atoms with Gasteiger partial charge in [-0.2, -0.15) is 0 Å². The molecule has 0 aliphatic carbocycles. The fraction of sp³-hybridized carbons (Fsp3) is 0.833. The second-order valence-electron chi connectivity index (χ2n) is 5.15. The van der Waals surface area contributed by atoms with Crippen molar-refractivity contribution in [3.8, 4) is 0 Å². The van der Waals surface area contributed by atoms with Crippen molar-refractivity contribution in [1.82, 2.24) is 4.90 Å². The van der Waals surface area contributed by atoms with E-state index in [1.54, 1.807) is 0 Å². The van der Waals surface area contributed by atoms with E-state index in [-0.39, 0.29) is 5.60 Å². The molecule has 0 aromatic heterocycles. The number of carbonyl (C=O) groups is 2. The lowest BCUT2D eigenvalue weighted by molar-refractivity contribution is -0.138. The summed E-state index contributed by atoms with van der Waals surface area (Å²) in [6.45, 7) is 8.96. The van der Waals surface area contributed by atoms with Crippen LogP contribution in [0, 0.1) is 0 Å². The molecule has 0 N–H and O–H groups in total. The van der Waals surface area contributed by atoms with Crippen LogP contribution in [0.25, 0.3) is 0 Å². The molecule has 0 amide bonds. The Kier molecular flexibility index (Phi) is 6.26. The molecule has 94 valence electrons. The third-order valence-corrected chi connectivity index (χ3v) is 2.42. The number of rotatable bonds is 1. The molecule has 1 rings (SSSR count). The van der Waals surface area contributed by atoms with Gasteiger partial charge in [-0.1, -0.05) is 0 Å². The number of carbonyl (C=O) groups excluding carboxylic acids is 2. The van der Waals surface area contributed by atoms with Crippen molar-refractivity contribution in [3.05, 3.63) is 0 Å². The van der Waals surface area contributed by atoms with Crippen molar-refractivity contribution in [2.45, 2.75) is 52.2 Å². The first kappa shape index (κ1) is 15.1. The molecule has 1 atom stereocenters. The van der Waals surface area contributed by atoms with E-state index in [2.05, 4.69) is 23.6 Å². The molecule has 16 heavy (non-hydrogen) atoms.